The second-order valence-electron chi connectivity index (χ2n) is 5.17. The number of hydrogen-bond acceptors (Lipinski definition) is 5. The second-order valence-corrected chi connectivity index (χ2v) is 5.17. The van der Waals surface area contributed by atoms with E-state index in [9.17, 15) is 4.79 Å². The number of benzene rings is 1. The van der Waals surface area contributed by atoms with Crippen LogP contribution in [0.15, 0.2) is 36.5 Å². The predicted molar refractivity (Wildman–Crippen MR) is 83.1 cm³/mol. The van der Waals surface area contributed by atoms with E-state index in [1.807, 2.05) is 44.4 Å². The van der Waals surface area contributed by atoms with E-state index in [1.54, 1.807) is 6.20 Å². The van der Waals surface area contributed by atoms with Crippen LogP contribution in [0.5, 0.6) is 0 Å². The van der Waals surface area contributed by atoms with E-state index in [1.165, 1.54) is 7.11 Å². The molecule has 0 aliphatic rings. The number of rotatable bonds is 6. The first kappa shape index (κ1) is 15.4. The summed E-state index contributed by atoms with van der Waals surface area (Å²) in [5.41, 5.74) is 1.80. The first-order valence-corrected chi connectivity index (χ1v) is 6.92. The molecule has 0 spiro atoms. The van der Waals surface area contributed by atoms with Gasteiger partial charge in [0.1, 0.15) is 6.04 Å². The third-order valence-corrected chi connectivity index (χ3v) is 3.30. The number of methoxy groups -OCH3 is 1. The van der Waals surface area contributed by atoms with Gasteiger partial charge in [0.2, 0.25) is 0 Å². The Kier molecular flexibility index (Phi) is 5.25. The Morgan fingerprint density at radius 2 is 2.19 bits per heavy atom. The van der Waals surface area contributed by atoms with Gasteiger partial charge in [-0.25, -0.2) is 4.79 Å². The molecule has 1 aromatic carbocycles. The number of carbonyl (C=O) groups is 1. The summed E-state index contributed by atoms with van der Waals surface area (Å²) in [6, 6.07) is 9.23. The molecule has 2 aromatic rings. The van der Waals surface area contributed by atoms with Crippen molar-refractivity contribution in [2.75, 3.05) is 34.3 Å². The summed E-state index contributed by atoms with van der Waals surface area (Å²) in [5.74, 6) is -0.281. The Hall–Kier alpha value is -1.98. The quantitative estimate of drug-likeness (QED) is 0.818. The van der Waals surface area contributed by atoms with Crippen LogP contribution in [0.25, 0.3) is 10.9 Å². The first-order chi connectivity index (χ1) is 10.1. The topological polar surface area (TPSA) is 54.5 Å². The molecular formula is C16H21N3O2. The van der Waals surface area contributed by atoms with Crippen LogP contribution in [0.4, 0.5) is 0 Å². The fourth-order valence-electron chi connectivity index (χ4n) is 2.16. The molecule has 0 bridgehead atoms. The van der Waals surface area contributed by atoms with Crippen molar-refractivity contribution in [3.63, 3.8) is 0 Å². The highest BCUT2D eigenvalue weighted by atomic mass is 16.5. The Balaban J connectivity index is 2.23. The summed E-state index contributed by atoms with van der Waals surface area (Å²) in [6.45, 7) is 1.56. The van der Waals surface area contributed by atoms with Gasteiger partial charge >= 0.3 is 5.97 Å². The number of fused-ring (bicyclic) bond motifs is 1. The van der Waals surface area contributed by atoms with E-state index in [0.29, 0.717) is 6.54 Å². The highest BCUT2D eigenvalue weighted by Gasteiger charge is 2.20. The van der Waals surface area contributed by atoms with Crippen LogP contribution < -0.4 is 5.32 Å². The molecule has 0 aliphatic carbocycles. The van der Waals surface area contributed by atoms with Gasteiger partial charge in [-0.1, -0.05) is 12.1 Å². The van der Waals surface area contributed by atoms with Crippen molar-refractivity contribution >= 4 is 16.9 Å². The lowest BCUT2D eigenvalue weighted by molar-refractivity contribution is -0.143. The van der Waals surface area contributed by atoms with Crippen molar-refractivity contribution < 1.29 is 9.53 Å². The van der Waals surface area contributed by atoms with E-state index >= 15 is 0 Å². The minimum atomic E-state index is -0.459. The van der Waals surface area contributed by atoms with Crippen LogP contribution in [-0.4, -0.2) is 50.1 Å². The third kappa shape index (κ3) is 4.00. The zero-order chi connectivity index (χ0) is 15.2. The Bertz CT molecular complexity index is 613. The van der Waals surface area contributed by atoms with Gasteiger partial charge in [-0.3, -0.25) is 10.3 Å². The van der Waals surface area contributed by atoms with Gasteiger partial charge in [-0.2, -0.15) is 0 Å². The Labute approximate surface area is 124 Å². The van der Waals surface area contributed by atoms with Gasteiger partial charge in [-0.05, 0) is 37.9 Å². The minimum Gasteiger partial charge on any atom is -0.468 e. The maximum absolute atomic E-state index is 12.0. The van der Waals surface area contributed by atoms with Gasteiger partial charge in [0.05, 0.1) is 12.6 Å². The number of esters is 1. The zero-order valence-corrected chi connectivity index (χ0v) is 12.7. The summed E-state index contributed by atoms with van der Waals surface area (Å²) in [6.07, 6.45) is 1.76. The number of nitrogens with zero attached hydrogens (tertiary/aromatic N) is 2. The number of ether oxygens (including phenoxy) is 1. The summed E-state index contributed by atoms with van der Waals surface area (Å²) in [5, 5.41) is 4.26. The highest BCUT2D eigenvalue weighted by molar-refractivity contribution is 5.83. The molecule has 0 saturated heterocycles. The van der Waals surface area contributed by atoms with Crippen LogP contribution in [0, 0.1) is 0 Å². The molecule has 21 heavy (non-hydrogen) atoms. The van der Waals surface area contributed by atoms with Crippen molar-refractivity contribution in [1.82, 2.24) is 15.2 Å². The molecule has 5 heteroatoms. The average Bonchev–Trinajstić information content (AvgIpc) is 2.50. The number of carbonyl (C=O) groups excluding carboxylic acids is 1. The summed E-state index contributed by atoms with van der Waals surface area (Å²) in [4.78, 5) is 18.4. The molecule has 0 saturated carbocycles. The maximum atomic E-state index is 12.0. The predicted octanol–water partition coefficient (Wildman–Crippen LogP) is 1.60. The average molecular weight is 287 g/mol. The van der Waals surface area contributed by atoms with E-state index in [0.717, 1.165) is 23.0 Å². The molecular weight excluding hydrogens is 266 g/mol. The van der Waals surface area contributed by atoms with Crippen molar-refractivity contribution in [1.29, 1.82) is 0 Å². The van der Waals surface area contributed by atoms with Crippen LogP contribution in [0.2, 0.25) is 0 Å². The van der Waals surface area contributed by atoms with Crippen LogP contribution in [0.1, 0.15) is 11.6 Å². The first-order valence-electron chi connectivity index (χ1n) is 6.92. The minimum absolute atomic E-state index is 0.281. The summed E-state index contributed by atoms with van der Waals surface area (Å²) >= 11 is 0. The number of aromatic nitrogens is 1. The van der Waals surface area contributed by atoms with Gasteiger partial charge in [0.25, 0.3) is 0 Å². The molecule has 0 aliphatic heterocycles. The fraction of sp³-hybridized carbons (Fsp3) is 0.375. The molecule has 1 N–H and O–H groups in total. The second kappa shape index (κ2) is 7.15. The molecule has 5 nitrogen and oxygen atoms in total. The van der Waals surface area contributed by atoms with Crippen molar-refractivity contribution in [2.24, 2.45) is 0 Å². The molecule has 0 fully saturated rings. The molecule has 0 radical (unpaired) electrons. The standard InChI is InChI=1S/C16H21N3O2/c1-19(2)10-9-18-15(16(20)21-3)13-6-7-14-12(11-13)5-4-8-17-14/h4-8,11,15,18H,9-10H2,1-3H3. The van der Waals surface area contributed by atoms with Crippen LogP contribution in [0.3, 0.4) is 0 Å². The van der Waals surface area contributed by atoms with Gasteiger partial charge in [0.15, 0.2) is 0 Å². The largest absolute Gasteiger partial charge is 0.468 e. The number of pyridine rings is 1. The Morgan fingerprint density at radius 1 is 1.38 bits per heavy atom. The van der Waals surface area contributed by atoms with Crippen molar-refractivity contribution in [2.45, 2.75) is 6.04 Å². The summed E-state index contributed by atoms with van der Waals surface area (Å²) < 4.78 is 4.91. The normalized spacial score (nSPS) is 12.6. The van der Waals surface area contributed by atoms with E-state index in [-0.39, 0.29) is 5.97 Å². The third-order valence-electron chi connectivity index (χ3n) is 3.30. The number of hydrogen-bond donors (Lipinski definition) is 1. The van der Waals surface area contributed by atoms with Gasteiger partial charge < -0.3 is 9.64 Å². The molecule has 1 atom stereocenters. The van der Waals surface area contributed by atoms with Crippen LogP contribution in [-0.2, 0) is 9.53 Å². The molecule has 1 heterocycles. The molecule has 112 valence electrons. The summed E-state index contributed by atoms with van der Waals surface area (Å²) in [7, 11) is 5.40. The molecule has 1 aromatic heterocycles. The van der Waals surface area contributed by atoms with Gasteiger partial charge in [0, 0.05) is 24.7 Å². The van der Waals surface area contributed by atoms with Gasteiger partial charge in [-0.15, -0.1) is 0 Å². The number of nitrogens with one attached hydrogen (secondary N) is 1. The fourth-order valence-corrected chi connectivity index (χ4v) is 2.16. The van der Waals surface area contributed by atoms with E-state index < -0.39 is 6.04 Å². The number of likely N-dealkylation sites (N-methyl/N-ethyl adjacent to an activating group) is 1. The smallest absolute Gasteiger partial charge is 0.327 e. The van der Waals surface area contributed by atoms with Crippen molar-refractivity contribution in [3.8, 4) is 0 Å². The molecule has 0 amide bonds. The van der Waals surface area contributed by atoms with E-state index in [2.05, 4.69) is 15.2 Å². The Morgan fingerprint density at radius 3 is 2.90 bits per heavy atom. The van der Waals surface area contributed by atoms with E-state index in [4.69, 9.17) is 4.74 Å². The zero-order valence-electron chi connectivity index (χ0n) is 12.7. The highest BCUT2D eigenvalue weighted by Crippen LogP contribution is 2.20. The maximum Gasteiger partial charge on any atom is 0.327 e. The monoisotopic (exact) mass is 287 g/mol. The lowest BCUT2D eigenvalue weighted by atomic mass is 10.0. The van der Waals surface area contributed by atoms with Crippen molar-refractivity contribution in [3.05, 3.63) is 42.1 Å². The lowest BCUT2D eigenvalue weighted by Crippen LogP contribution is -2.34. The SMILES string of the molecule is COC(=O)C(NCCN(C)C)c1ccc2ncccc2c1. The molecule has 1 unspecified atom stereocenters. The van der Waals surface area contributed by atoms with Crippen LogP contribution >= 0.6 is 0 Å². The molecule has 2 rings (SSSR count). The lowest BCUT2D eigenvalue weighted by Gasteiger charge is -2.18.